The van der Waals surface area contributed by atoms with E-state index in [-0.39, 0.29) is 29.3 Å². The number of rotatable bonds is 4. The molecule has 0 aromatic heterocycles. The van der Waals surface area contributed by atoms with Crippen molar-refractivity contribution in [2.45, 2.75) is 6.92 Å². The van der Waals surface area contributed by atoms with E-state index in [0.29, 0.717) is 10.6 Å². The fraction of sp³-hybridized carbons (Fsp3) is 0.222. The number of hydrogen-bond donors (Lipinski definition) is 0. The Morgan fingerprint density at radius 3 is 2.54 bits per heavy atom. The molecule has 6 heteroatoms. The Bertz CT molecular complexity index is 749. The summed E-state index contributed by atoms with van der Waals surface area (Å²) in [6.45, 7) is 3.13. The third kappa shape index (κ3) is 4.41. The van der Waals surface area contributed by atoms with Crippen LogP contribution in [0.4, 0.5) is 5.69 Å². The summed E-state index contributed by atoms with van der Waals surface area (Å²) in [5, 5.41) is 1.55. The van der Waals surface area contributed by atoms with E-state index in [0.717, 1.165) is 28.7 Å². The number of hydrogen-bond acceptors (Lipinski definition) is 4. The molecule has 0 spiro atoms. The number of benzene rings is 2. The predicted molar refractivity (Wildman–Crippen MR) is 109 cm³/mol. The highest BCUT2D eigenvalue weighted by atomic mass is 79.9. The molecule has 3 rings (SSSR count). The fourth-order valence-electron chi connectivity index (χ4n) is 2.48. The van der Waals surface area contributed by atoms with E-state index < -0.39 is 0 Å². The van der Waals surface area contributed by atoms with Gasteiger partial charge in [-0.15, -0.1) is 17.0 Å². The molecule has 1 heterocycles. The van der Waals surface area contributed by atoms with Gasteiger partial charge in [-0.25, -0.2) is 0 Å². The van der Waals surface area contributed by atoms with Gasteiger partial charge in [-0.05, 0) is 42.8 Å². The first-order chi connectivity index (χ1) is 11.1. The van der Waals surface area contributed by atoms with E-state index in [4.69, 9.17) is 11.6 Å². The van der Waals surface area contributed by atoms with Crippen LogP contribution in [0.2, 0.25) is 5.02 Å². The molecular formula is C18H18BrClN2OS. The first-order valence-corrected chi connectivity index (χ1v) is 8.81. The van der Waals surface area contributed by atoms with E-state index in [2.05, 4.69) is 18.0 Å². The summed E-state index contributed by atoms with van der Waals surface area (Å²) in [6, 6.07) is 15.1. The molecule has 3 nitrogen and oxygen atoms in total. The maximum atomic E-state index is 12.7. The maximum absolute atomic E-state index is 12.7. The van der Waals surface area contributed by atoms with Crippen molar-refractivity contribution < 1.29 is 4.79 Å². The minimum Gasteiger partial charge on any atom is -0.313 e. The van der Waals surface area contributed by atoms with Gasteiger partial charge in [0.15, 0.2) is 11.0 Å². The van der Waals surface area contributed by atoms with Crippen molar-refractivity contribution >= 4 is 57.0 Å². The number of carbonyl (C=O) groups is 1. The summed E-state index contributed by atoms with van der Waals surface area (Å²) in [5.74, 6) is 1.02. The zero-order valence-electron chi connectivity index (χ0n) is 13.2. The van der Waals surface area contributed by atoms with Gasteiger partial charge in [0.25, 0.3) is 0 Å². The molecule has 2 aromatic rings. The molecule has 126 valence electrons. The Morgan fingerprint density at radius 2 is 1.92 bits per heavy atom. The predicted octanol–water partition coefficient (Wildman–Crippen LogP) is 5.02. The van der Waals surface area contributed by atoms with Crippen molar-refractivity contribution in [3.63, 3.8) is 0 Å². The van der Waals surface area contributed by atoms with E-state index >= 15 is 0 Å². The first kappa shape index (κ1) is 19.0. The number of amidine groups is 1. The number of ketones is 1. The molecule has 0 bridgehead atoms. The van der Waals surface area contributed by atoms with Crippen LogP contribution in [0.25, 0.3) is 0 Å². The second-order valence-corrected chi connectivity index (χ2v) is 6.81. The molecule has 0 radical (unpaired) electrons. The highest BCUT2D eigenvalue weighted by Gasteiger charge is 2.22. The standard InChI is InChI=1S/C18H17ClN2OS.BrH/c1-13-4-2-3-5-16(13)21(18-20-10-11-23-18)12-17(22)14-6-8-15(19)9-7-14;/h2-9H,10-12H2,1H3;1H. The number of halogens is 2. The van der Waals surface area contributed by atoms with Crippen molar-refractivity contribution in [3.8, 4) is 0 Å². The van der Waals surface area contributed by atoms with Gasteiger partial charge in [-0.3, -0.25) is 9.79 Å². The Hall–Kier alpha value is -1.30. The van der Waals surface area contributed by atoms with E-state index in [1.807, 2.05) is 23.1 Å². The van der Waals surface area contributed by atoms with Gasteiger partial charge < -0.3 is 4.90 Å². The van der Waals surface area contributed by atoms with Gasteiger partial charge in [0.1, 0.15) is 0 Å². The summed E-state index contributed by atoms with van der Waals surface area (Å²) in [5.41, 5.74) is 2.83. The molecule has 1 aliphatic rings. The van der Waals surface area contributed by atoms with Crippen LogP contribution in [0.5, 0.6) is 0 Å². The molecule has 0 saturated heterocycles. The second kappa shape index (κ2) is 8.70. The van der Waals surface area contributed by atoms with Gasteiger partial charge in [0.05, 0.1) is 13.1 Å². The Morgan fingerprint density at radius 1 is 1.21 bits per heavy atom. The molecule has 0 atom stereocenters. The Balaban J connectivity index is 0.00000208. The summed E-state index contributed by atoms with van der Waals surface area (Å²) >= 11 is 7.59. The maximum Gasteiger partial charge on any atom is 0.182 e. The third-order valence-electron chi connectivity index (χ3n) is 3.67. The number of carbonyl (C=O) groups excluding carboxylic acids is 1. The first-order valence-electron chi connectivity index (χ1n) is 7.44. The van der Waals surface area contributed by atoms with Crippen LogP contribution in [0, 0.1) is 6.92 Å². The average molecular weight is 426 g/mol. The largest absolute Gasteiger partial charge is 0.313 e. The molecule has 0 N–H and O–H groups in total. The summed E-state index contributed by atoms with van der Waals surface area (Å²) in [4.78, 5) is 19.2. The van der Waals surface area contributed by atoms with Gasteiger partial charge in [0, 0.05) is 22.0 Å². The third-order valence-corrected chi connectivity index (χ3v) is 4.92. The number of thioether (sulfide) groups is 1. The lowest BCUT2D eigenvalue weighted by Crippen LogP contribution is -2.34. The van der Waals surface area contributed by atoms with E-state index in [1.165, 1.54) is 0 Å². The SMILES string of the molecule is Br.Cc1ccccc1N(CC(=O)c1ccc(Cl)cc1)C1=NCCS1. The zero-order chi connectivity index (χ0) is 16.2. The molecule has 0 fully saturated rings. The van der Waals surface area contributed by atoms with Crippen LogP contribution in [-0.4, -0.2) is 29.8 Å². The van der Waals surface area contributed by atoms with Crippen LogP contribution in [0.3, 0.4) is 0 Å². The molecule has 2 aromatic carbocycles. The van der Waals surface area contributed by atoms with E-state index in [1.54, 1.807) is 36.0 Å². The van der Waals surface area contributed by atoms with Gasteiger partial charge in [0.2, 0.25) is 0 Å². The lowest BCUT2D eigenvalue weighted by molar-refractivity contribution is 0.100. The molecule has 24 heavy (non-hydrogen) atoms. The van der Waals surface area contributed by atoms with Crippen LogP contribution in [0.15, 0.2) is 53.5 Å². The van der Waals surface area contributed by atoms with Crippen molar-refractivity contribution in [1.29, 1.82) is 0 Å². The summed E-state index contributed by atoms with van der Waals surface area (Å²) in [6.07, 6.45) is 0. The lowest BCUT2D eigenvalue weighted by atomic mass is 10.1. The average Bonchev–Trinajstić information content (AvgIpc) is 3.08. The Labute approximate surface area is 161 Å². The number of para-hydroxylation sites is 1. The van der Waals surface area contributed by atoms with Gasteiger partial charge >= 0.3 is 0 Å². The van der Waals surface area contributed by atoms with E-state index in [9.17, 15) is 4.79 Å². The second-order valence-electron chi connectivity index (χ2n) is 5.32. The molecule has 0 saturated carbocycles. The lowest BCUT2D eigenvalue weighted by Gasteiger charge is -2.25. The number of Topliss-reactive ketones (excluding diaryl/α,β-unsaturated/α-hetero) is 1. The number of aryl methyl sites for hydroxylation is 1. The monoisotopic (exact) mass is 424 g/mol. The fourth-order valence-corrected chi connectivity index (χ4v) is 3.47. The minimum absolute atomic E-state index is 0. The van der Waals surface area contributed by atoms with Crippen molar-refractivity contribution in [1.82, 2.24) is 0 Å². The number of nitrogens with zero attached hydrogens (tertiary/aromatic N) is 2. The molecule has 0 aliphatic carbocycles. The normalized spacial score (nSPS) is 13.2. The highest BCUT2D eigenvalue weighted by Crippen LogP contribution is 2.26. The number of anilines is 1. The minimum atomic E-state index is 0. The van der Waals surface area contributed by atoms with Gasteiger partial charge in [-0.2, -0.15) is 0 Å². The van der Waals surface area contributed by atoms with Crippen LogP contribution < -0.4 is 4.90 Å². The van der Waals surface area contributed by atoms with Crippen molar-refractivity contribution in [2.75, 3.05) is 23.7 Å². The van der Waals surface area contributed by atoms with Crippen molar-refractivity contribution in [3.05, 3.63) is 64.7 Å². The highest BCUT2D eigenvalue weighted by molar-refractivity contribution is 8.93. The topological polar surface area (TPSA) is 32.7 Å². The van der Waals surface area contributed by atoms with Crippen LogP contribution in [0.1, 0.15) is 15.9 Å². The zero-order valence-corrected chi connectivity index (χ0v) is 16.5. The van der Waals surface area contributed by atoms with Gasteiger partial charge in [-0.1, -0.05) is 41.6 Å². The number of aliphatic imine (C=N–C) groups is 1. The smallest absolute Gasteiger partial charge is 0.182 e. The van der Waals surface area contributed by atoms with Crippen LogP contribution >= 0.6 is 40.3 Å². The van der Waals surface area contributed by atoms with Crippen molar-refractivity contribution in [2.24, 2.45) is 4.99 Å². The summed E-state index contributed by atoms with van der Waals surface area (Å²) in [7, 11) is 0. The quantitative estimate of drug-likeness (QED) is 0.645. The molecule has 1 aliphatic heterocycles. The van der Waals surface area contributed by atoms with Crippen LogP contribution in [-0.2, 0) is 0 Å². The summed E-state index contributed by atoms with van der Waals surface area (Å²) < 4.78 is 0. The Kier molecular flexibility index (Phi) is 6.90. The molecule has 0 unspecified atom stereocenters. The molecule has 0 amide bonds. The molecular weight excluding hydrogens is 408 g/mol.